The minimum Gasteiger partial charge on any atom is -0.872 e. The van der Waals surface area contributed by atoms with E-state index in [4.69, 9.17) is 30.0 Å². The van der Waals surface area contributed by atoms with Crippen molar-refractivity contribution in [3.05, 3.63) is 59.7 Å². The van der Waals surface area contributed by atoms with Crippen LogP contribution >= 0.6 is 0 Å². The summed E-state index contributed by atoms with van der Waals surface area (Å²) < 4.78 is 0. The molecule has 0 spiro atoms. The largest absolute Gasteiger partial charge is 2.00 e. The molecule has 0 saturated carbocycles. The van der Waals surface area contributed by atoms with E-state index in [0.717, 1.165) is 36.8 Å². The molecule has 0 N–H and O–H groups in total. The van der Waals surface area contributed by atoms with Gasteiger partial charge in [0.1, 0.15) is 0 Å². The van der Waals surface area contributed by atoms with Crippen molar-refractivity contribution in [3.8, 4) is 11.5 Å². The van der Waals surface area contributed by atoms with Gasteiger partial charge in [0.15, 0.2) is 0 Å². The van der Waals surface area contributed by atoms with Crippen LogP contribution in [0.5, 0.6) is 11.5 Å². The first kappa shape index (κ1) is 52.9. The molecule has 0 saturated heterocycles. The number of para-hydroxylation sites is 2. The Bertz CT molecular complexity index is 806. The number of carbonyl (C=O) groups is 2. The van der Waals surface area contributed by atoms with Gasteiger partial charge in [-0.2, -0.15) is 0 Å². The second-order valence-corrected chi connectivity index (χ2v) is 9.46. The van der Waals surface area contributed by atoms with Crippen LogP contribution in [0.4, 0.5) is 9.59 Å². The van der Waals surface area contributed by atoms with Crippen molar-refractivity contribution >= 4 is 126 Å². The van der Waals surface area contributed by atoms with Gasteiger partial charge in [-0.1, -0.05) is 151 Å². The van der Waals surface area contributed by atoms with Crippen molar-refractivity contribution in [1.82, 2.24) is 0 Å². The molecule has 0 aliphatic rings. The number of benzene rings is 2. The third kappa shape index (κ3) is 42.4. The molecule has 2 aromatic carbocycles. The van der Waals surface area contributed by atoms with E-state index in [1.54, 1.807) is 12.1 Å². The van der Waals surface area contributed by atoms with Crippen LogP contribution in [0.15, 0.2) is 48.5 Å². The van der Waals surface area contributed by atoms with Crippen LogP contribution in [0.2, 0.25) is 0 Å². The van der Waals surface area contributed by atoms with Gasteiger partial charge >= 0.3 is 113 Å². The molecule has 0 aliphatic carbocycles. The maximum Gasteiger partial charge on any atom is 2.00 e. The van der Waals surface area contributed by atoms with Crippen molar-refractivity contribution in [2.45, 2.75) is 117 Å². The average molecular weight is 679 g/mol. The van der Waals surface area contributed by atoms with Crippen LogP contribution in [-0.4, -0.2) is 126 Å². The summed E-state index contributed by atoms with van der Waals surface area (Å²) >= 11 is 0. The Morgan fingerprint density at radius 3 is 0.953 bits per heavy atom. The predicted octanol–water partition coefficient (Wildman–Crippen LogP) is 2.07. The average Bonchev–Trinajstić information content (AvgIpc) is 2.89. The Hall–Kier alpha value is 0.359. The molecule has 0 aromatic heterocycles. The second-order valence-electron chi connectivity index (χ2n) is 9.46. The van der Waals surface area contributed by atoms with E-state index in [1.807, 2.05) is 36.4 Å². The van der Waals surface area contributed by atoms with Crippen LogP contribution in [0, 0.1) is 0 Å². The Labute approximate surface area is 348 Å². The number of hydrogen-bond donors (Lipinski definition) is 0. The van der Waals surface area contributed by atoms with E-state index in [1.165, 1.54) is 77.0 Å². The standard InChI is InChI=1S/2C15H24O.2CH2O3.3Ca/c2*1-2-3-4-5-6-7-8-11-14-12-9-10-13-15(14)16;2*2-1(3)4;;;/h2*9-10,12-13,16H,2-8,11H2,1H3;2*(H2,2,3,4);;;/q;;;;3*+2/p-6. The zero-order chi connectivity index (χ0) is 30.4. The number of carboxylic acid groups (broad SMARTS) is 4. The summed E-state index contributed by atoms with van der Waals surface area (Å²) in [6.07, 6.45) is 15.5. The molecule has 8 nitrogen and oxygen atoms in total. The van der Waals surface area contributed by atoms with Gasteiger partial charge in [0.25, 0.3) is 0 Å². The van der Waals surface area contributed by atoms with Crippen molar-refractivity contribution in [1.29, 1.82) is 0 Å². The number of aryl methyl sites for hydroxylation is 2. The van der Waals surface area contributed by atoms with E-state index in [2.05, 4.69) is 13.8 Å². The van der Waals surface area contributed by atoms with Crippen molar-refractivity contribution in [2.75, 3.05) is 0 Å². The summed E-state index contributed by atoms with van der Waals surface area (Å²) in [6, 6.07) is 14.8. The Morgan fingerprint density at radius 1 is 0.465 bits per heavy atom. The molecular formula is C32H46Ca3O8. The molecule has 0 radical (unpaired) electrons. The van der Waals surface area contributed by atoms with Crippen LogP contribution in [0.1, 0.15) is 115 Å². The van der Waals surface area contributed by atoms with Gasteiger partial charge in [0, 0.05) is 0 Å². The third-order valence-electron chi connectivity index (χ3n) is 6.04. The Balaban J connectivity index is -0.000000170. The molecule has 11 heteroatoms. The smallest absolute Gasteiger partial charge is 0.872 e. The number of rotatable bonds is 16. The van der Waals surface area contributed by atoms with Gasteiger partial charge in [0.05, 0.1) is 0 Å². The third-order valence-corrected chi connectivity index (χ3v) is 6.04. The van der Waals surface area contributed by atoms with Crippen molar-refractivity contribution < 1.29 is 40.2 Å². The Kier molecular flexibility index (Phi) is 49.7. The summed E-state index contributed by atoms with van der Waals surface area (Å²) in [5, 5.41) is 56.2. The number of carbonyl (C=O) groups excluding carboxylic acids is 2. The van der Waals surface area contributed by atoms with E-state index in [0.29, 0.717) is 0 Å². The topological polar surface area (TPSA) is 172 Å². The second kappa shape index (κ2) is 40.4. The summed E-state index contributed by atoms with van der Waals surface area (Å²) in [7, 11) is 0. The fourth-order valence-corrected chi connectivity index (χ4v) is 3.97. The van der Waals surface area contributed by atoms with E-state index >= 15 is 0 Å². The van der Waals surface area contributed by atoms with Gasteiger partial charge < -0.3 is 40.2 Å². The minimum atomic E-state index is -2.33. The number of unbranched alkanes of at least 4 members (excludes halogenated alkanes) is 12. The first-order valence-electron chi connectivity index (χ1n) is 14.4. The van der Waals surface area contributed by atoms with Crippen molar-refractivity contribution in [2.24, 2.45) is 0 Å². The maximum absolute atomic E-state index is 11.4. The fourth-order valence-electron chi connectivity index (χ4n) is 3.97. The normalized spacial score (nSPS) is 8.98. The first-order chi connectivity index (χ1) is 19.1. The molecular weight excluding hydrogens is 633 g/mol. The number of hydrogen-bond acceptors (Lipinski definition) is 8. The van der Waals surface area contributed by atoms with Gasteiger partial charge in [0.2, 0.25) is 0 Å². The predicted molar refractivity (Wildman–Crippen MR) is 163 cm³/mol. The molecule has 0 unspecified atom stereocenters. The van der Waals surface area contributed by atoms with Gasteiger partial charge in [-0.15, -0.1) is 11.5 Å². The van der Waals surface area contributed by atoms with Gasteiger partial charge in [-0.05, 0) is 38.0 Å². The molecule has 0 amide bonds. The summed E-state index contributed by atoms with van der Waals surface area (Å²) in [4.78, 5) is 16.7. The Morgan fingerprint density at radius 2 is 0.698 bits per heavy atom. The zero-order valence-corrected chi connectivity index (χ0v) is 32.9. The monoisotopic (exact) mass is 678 g/mol. The molecule has 0 atom stereocenters. The van der Waals surface area contributed by atoms with E-state index < -0.39 is 12.3 Å². The molecule has 2 aromatic rings. The maximum atomic E-state index is 11.4. The molecule has 43 heavy (non-hydrogen) atoms. The first-order valence-corrected chi connectivity index (χ1v) is 14.4. The fraction of sp³-hybridized carbons (Fsp3) is 0.562. The summed E-state index contributed by atoms with van der Waals surface area (Å²) in [6.45, 7) is 4.48. The van der Waals surface area contributed by atoms with Gasteiger partial charge in [-0.25, -0.2) is 0 Å². The molecule has 0 heterocycles. The molecule has 0 aliphatic heterocycles. The molecule has 2 rings (SSSR count). The SMILES string of the molecule is CCCCCCCCCc1ccccc1[O-].CCCCCCCCCc1ccccc1[O-].O=C([O-])[O-].O=C([O-])[O-].[Ca+2].[Ca+2].[Ca+2]. The zero-order valence-electron chi connectivity index (χ0n) is 26.3. The van der Waals surface area contributed by atoms with Gasteiger partial charge in [-0.3, -0.25) is 0 Å². The van der Waals surface area contributed by atoms with Crippen LogP contribution in [0.25, 0.3) is 0 Å². The quantitative estimate of drug-likeness (QED) is 0.192. The molecule has 0 fully saturated rings. The molecule has 0 bridgehead atoms. The van der Waals surface area contributed by atoms with Crippen molar-refractivity contribution in [3.63, 3.8) is 0 Å². The summed E-state index contributed by atoms with van der Waals surface area (Å²) in [5.74, 6) is 0.405. The van der Waals surface area contributed by atoms with Crippen LogP contribution in [0.3, 0.4) is 0 Å². The van der Waals surface area contributed by atoms with E-state index in [9.17, 15) is 10.2 Å². The van der Waals surface area contributed by atoms with Crippen LogP contribution in [-0.2, 0) is 12.8 Å². The van der Waals surface area contributed by atoms with E-state index in [-0.39, 0.29) is 125 Å². The minimum absolute atomic E-state index is 0. The van der Waals surface area contributed by atoms with Crippen LogP contribution < -0.4 is 30.6 Å². The summed E-state index contributed by atoms with van der Waals surface area (Å²) in [5.41, 5.74) is 1.96. The molecule has 228 valence electrons.